The van der Waals surface area contributed by atoms with Crippen molar-refractivity contribution in [2.75, 3.05) is 38.0 Å². The molecule has 0 heterocycles. The highest BCUT2D eigenvalue weighted by atomic mass is 16.3. The minimum Gasteiger partial charge on any atom is -0.378 e. The van der Waals surface area contributed by atoms with E-state index in [0.717, 1.165) is 33.5 Å². The first kappa shape index (κ1) is 21.5. The van der Waals surface area contributed by atoms with E-state index in [0.29, 0.717) is 0 Å². The van der Waals surface area contributed by atoms with Gasteiger partial charge in [0.25, 0.3) is 0 Å². The molecule has 0 spiro atoms. The van der Waals surface area contributed by atoms with Gasteiger partial charge in [0.15, 0.2) is 5.60 Å². The Balaban J connectivity index is 1.80. The van der Waals surface area contributed by atoms with E-state index in [9.17, 15) is 5.11 Å². The Kier molecular flexibility index (Phi) is 5.90. The van der Waals surface area contributed by atoms with Crippen molar-refractivity contribution < 1.29 is 5.11 Å². The van der Waals surface area contributed by atoms with Crippen molar-refractivity contribution in [3.05, 3.63) is 108 Å². The van der Waals surface area contributed by atoms with Crippen LogP contribution in [0.1, 0.15) is 16.7 Å². The van der Waals surface area contributed by atoms with Crippen LogP contribution in [0.25, 0.3) is 10.8 Å². The summed E-state index contributed by atoms with van der Waals surface area (Å²) in [5, 5.41) is 14.2. The van der Waals surface area contributed by atoms with E-state index >= 15 is 0 Å². The molecule has 0 bridgehead atoms. The quantitative estimate of drug-likeness (QED) is 0.456. The second-order valence-electron chi connectivity index (χ2n) is 8.40. The molecule has 4 rings (SSSR count). The summed E-state index contributed by atoms with van der Waals surface area (Å²) < 4.78 is 0. The summed E-state index contributed by atoms with van der Waals surface area (Å²) in [7, 11) is 8.00. The van der Waals surface area contributed by atoms with E-state index in [4.69, 9.17) is 0 Å². The Morgan fingerprint density at radius 2 is 1.12 bits per heavy atom. The third kappa shape index (κ3) is 4.32. The van der Waals surface area contributed by atoms with Gasteiger partial charge in [-0.25, -0.2) is 0 Å². The van der Waals surface area contributed by atoms with Gasteiger partial charge < -0.3 is 14.9 Å². The van der Waals surface area contributed by atoms with Gasteiger partial charge in [0, 0.05) is 56.3 Å². The summed E-state index contributed by atoms with van der Waals surface area (Å²) >= 11 is 0. The van der Waals surface area contributed by atoms with Crippen LogP contribution in [0.2, 0.25) is 0 Å². The Labute approximate surface area is 190 Å². The van der Waals surface area contributed by atoms with E-state index in [1.165, 1.54) is 5.39 Å². The summed E-state index contributed by atoms with van der Waals surface area (Å²) in [6, 6.07) is 30.2. The number of nitrogens with zero attached hydrogens (tertiary/aromatic N) is 2. The van der Waals surface area contributed by atoms with Gasteiger partial charge in [0.05, 0.1) is 0 Å². The van der Waals surface area contributed by atoms with Gasteiger partial charge in [0.2, 0.25) is 0 Å². The minimum absolute atomic E-state index is 0.744. The molecule has 0 saturated heterocycles. The summed E-state index contributed by atoms with van der Waals surface area (Å²) in [6.07, 6.45) is 0. The molecule has 32 heavy (non-hydrogen) atoms. The monoisotopic (exact) mass is 420 g/mol. The third-order valence-corrected chi connectivity index (χ3v) is 5.74. The summed E-state index contributed by atoms with van der Waals surface area (Å²) in [5.74, 6) is 6.41. The highest BCUT2D eigenvalue weighted by Crippen LogP contribution is 2.32. The number of aliphatic hydroxyl groups is 1. The number of fused-ring (bicyclic) bond motifs is 1. The maximum atomic E-state index is 11.9. The molecule has 0 unspecified atom stereocenters. The molecule has 4 aromatic carbocycles. The van der Waals surface area contributed by atoms with Crippen LogP contribution in [-0.2, 0) is 5.60 Å². The van der Waals surface area contributed by atoms with Gasteiger partial charge >= 0.3 is 0 Å². The van der Waals surface area contributed by atoms with Gasteiger partial charge in [-0.3, -0.25) is 0 Å². The molecule has 0 aliphatic heterocycles. The van der Waals surface area contributed by atoms with E-state index < -0.39 is 5.60 Å². The molecule has 4 aromatic rings. The average Bonchev–Trinajstić information content (AvgIpc) is 2.82. The molecule has 0 saturated carbocycles. The van der Waals surface area contributed by atoms with E-state index in [1.54, 1.807) is 0 Å². The van der Waals surface area contributed by atoms with Crippen molar-refractivity contribution in [1.82, 2.24) is 0 Å². The van der Waals surface area contributed by atoms with E-state index in [-0.39, 0.29) is 0 Å². The second kappa shape index (κ2) is 8.78. The highest BCUT2D eigenvalue weighted by Gasteiger charge is 2.29. The van der Waals surface area contributed by atoms with Crippen LogP contribution in [-0.4, -0.2) is 33.3 Å². The van der Waals surface area contributed by atoms with Crippen molar-refractivity contribution in [2.24, 2.45) is 0 Å². The van der Waals surface area contributed by atoms with Crippen molar-refractivity contribution in [3.63, 3.8) is 0 Å². The number of rotatable bonds is 4. The molecule has 1 N–H and O–H groups in total. The molecule has 0 aromatic heterocycles. The van der Waals surface area contributed by atoms with Crippen LogP contribution in [0.3, 0.4) is 0 Å². The Hall–Kier alpha value is -3.74. The van der Waals surface area contributed by atoms with Crippen LogP contribution < -0.4 is 9.80 Å². The first-order chi connectivity index (χ1) is 15.4. The molecule has 0 aliphatic rings. The molecule has 0 fully saturated rings. The molecule has 0 radical (unpaired) electrons. The average molecular weight is 421 g/mol. The van der Waals surface area contributed by atoms with E-state index in [2.05, 4.69) is 36.1 Å². The Morgan fingerprint density at radius 1 is 0.625 bits per heavy atom. The van der Waals surface area contributed by atoms with Gasteiger partial charge in [-0.15, -0.1) is 0 Å². The lowest BCUT2D eigenvalue weighted by atomic mass is 9.86. The Bertz CT molecular complexity index is 1230. The summed E-state index contributed by atoms with van der Waals surface area (Å²) in [4.78, 5) is 4.07. The van der Waals surface area contributed by atoms with Crippen LogP contribution in [0.5, 0.6) is 0 Å². The number of hydrogen-bond donors (Lipinski definition) is 1. The lowest BCUT2D eigenvalue weighted by Crippen LogP contribution is -2.25. The molecule has 0 aliphatic carbocycles. The molecule has 0 atom stereocenters. The second-order valence-corrected chi connectivity index (χ2v) is 8.40. The SMILES string of the molecule is CN(C)c1ccc(C(O)(C#Cc2ccc3ccccc3c2)c2ccc(N(C)C)cc2)cc1. The fourth-order valence-electron chi connectivity index (χ4n) is 3.74. The largest absolute Gasteiger partial charge is 0.378 e. The lowest BCUT2D eigenvalue weighted by molar-refractivity contribution is 0.145. The van der Waals surface area contributed by atoms with Gasteiger partial charge in [-0.05, 0) is 47.2 Å². The number of hydrogen-bond acceptors (Lipinski definition) is 3. The van der Waals surface area contributed by atoms with Crippen LogP contribution in [0, 0.1) is 11.8 Å². The van der Waals surface area contributed by atoms with Crippen molar-refractivity contribution in [1.29, 1.82) is 0 Å². The first-order valence-electron chi connectivity index (χ1n) is 10.7. The normalized spacial score (nSPS) is 11.0. The van der Waals surface area contributed by atoms with Crippen molar-refractivity contribution in [2.45, 2.75) is 5.60 Å². The zero-order valence-corrected chi connectivity index (χ0v) is 19.0. The molecule has 0 amide bonds. The topological polar surface area (TPSA) is 26.7 Å². The zero-order valence-electron chi connectivity index (χ0n) is 19.0. The first-order valence-corrected chi connectivity index (χ1v) is 10.7. The lowest BCUT2D eigenvalue weighted by Gasteiger charge is -2.25. The van der Waals surface area contributed by atoms with E-state index in [1.807, 2.05) is 105 Å². The standard InChI is InChI=1S/C29H28N2O/c1-30(2)27-15-11-25(12-16-27)29(32,26-13-17-28(18-14-26)31(3)4)20-19-22-9-10-23-7-5-6-8-24(23)21-22/h5-18,21,32H,1-4H3. The van der Waals surface area contributed by atoms with Crippen LogP contribution >= 0.6 is 0 Å². The minimum atomic E-state index is -1.43. The van der Waals surface area contributed by atoms with Crippen LogP contribution in [0.15, 0.2) is 91.0 Å². The summed E-state index contributed by atoms with van der Waals surface area (Å²) in [5.41, 5.74) is 3.07. The third-order valence-electron chi connectivity index (χ3n) is 5.74. The smallest absolute Gasteiger partial charge is 0.177 e. The van der Waals surface area contributed by atoms with Gasteiger partial charge in [-0.2, -0.15) is 0 Å². The molecule has 3 heteroatoms. The predicted octanol–water partition coefficient (Wildman–Crippen LogP) is 5.26. The van der Waals surface area contributed by atoms with Crippen molar-refractivity contribution >= 4 is 22.1 Å². The van der Waals surface area contributed by atoms with Gasteiger partial charge in [-0.1, -0.05) is 66.4 Å². The highest BCUT2D eigenvalue weighted by molar-refractivity contribution is 5.83. The zero-order chi connectivity index (χ0) is 22.7. The molecular weight excluding hydrogens is 392 g/mol. The maximum Gasteiger partial charge on any atom is 0.177 e. The maximum absolute atomic E-state index is 11.9. The molecule has 3 nitrogen and oxygen atoms in total. The van der Waals surface area contributed by atoms with Crippen molar-refractivity contribution in [3.8, 4) is 11.8 Å². The molecule has 160 valence electrons. The fourth-order valence-corrected chi connectivity index (χ4v) is 3.74. The van der Waals surface area contributed by atoms with Gasteiger partial charge in [0.1, 0.15) is 0 Å². The Morgan fingerprint density at radius 3 is 1.62 bits per heavy atom. The number of anilines is 2. The fraction of sp³-hybridized carbons (Fsp3) is 0.172. The van der Waals surface area contributed by atoms with Crippen LogP contribution in [0.4, 0.5) is 11.4 Å². The summed E-state index contributed by atoms with van der Waals surface area (Å²) in [6.45, 7) is 0. The molecular formula is C29H28N2O. The predicted molar refractivity (Wildman–Crippen MR) is 135 cm³/mol. The number of benzene rings is 4.